The minimum Gasteiger partial charge on any atom is -0.308 e. The molecule has 0 bridgehead atoms. The highest BCUT2D eigenvalue weighted by atomic mass is 15.2. The molecule has 112 valence electrons. The molecule has 0 radical (unpaired) electrons. The fraction of sp³-hybridized carbons (Fsp3) is 0.706. The molecule has 1 aromatic heterocycles. The van der Waals surface area contributed by atoms with Crippen molar-refractivity contribution in [3.05, 3.63) is 29.6 Å². The van der Waals surface area contributed by atoms with E-state index in [2.05, 4.69) is 56.1 Å². The summed E-state index contributed by atoms with van der Waals surface area (Å²) >= 11 is 0. The Balaban J connectivity index is 1.93. The van der Waals surface area contributed by atoms with E-state index in [-0.39, 0.29) is 0 Å². The van der Waals surface area contributed by atoms with Gasteiger partial charge >= 0.3 is 0 Å². The highest BCUT2D eigenvalue weighted by molar-refractivity contribution is 5.11. The molecule has 2 rings (SSSR count). The number of aromatic nitrogens is 1. The van der Waals surface area contributed by atoms with Crippen molar-refractivity contribution in [1.29, 1.82) is 0 Å². The maximum Gasteiger partial charge on any atom is 0.0547 e. The van der Waals surface area contributed by atoms with Crippen molar-refractivity contribution in [3.8, 4) is 0 Å². The van der Waals surface area contributed by atoms with E-state index in [9.17, 15) is 0 Å². The molecule has 1 aliphatic rings. The van der Waals surface area contributed by atoms with Gasteiger partial charge in [-0.2, -0.15) is 0 Å². The molecule has 1 aliphatic carbocycles. The first-order chi connectivity index (χ1) is 9.54. The van der Waals surface area contributed by atoms with Crippen LogP contribution in [0.15, 0.2) is 18.2 Å². The highest BCUT2D eigenvalue weighted by Gasteiger charge is 2.20. The van der Waals surface area contributed by atoms with Gasteiger partial charge in [-0.15, -0.1) is 0 Å². The Kier molecular flexibility index (Phi) is 5.55. The van der Waals surface area contributed by atoms with Gasteiger partial charge in [0.15, 0.2) is 0 Å². The third kappa shape index (κ3) is 5.22. The normalized spacial score (nSPS) is 15.6. The van der Waals surface area contributed by atoms with Crippen molar-refractivity contribution in [2.24, 2.45) is 5.92 Å². The summed E-state index contributed by atoms with van der Waals surface area (Å²) in [5, 5.41) is 3.53. The molecule has 3 heteroatoms. The van der Waals surface area contributed by atoms with E-state index >= 15 is 0 Å². The number of nitrogens with one attached hydrogen (secondary N) is 1. The van der Waals surface area contributed by atoms with Crippen LogP contribution in [0.2, 0.25) is 0 Å². The quantitative estimate of drug-likeness (QED) is 0.789. The molecule has 0 amide bonds. The Morgan fingerprint density at radius 3 is 2.50 bits per heavy atom. The molecule has 1 saturated carbocycles. The number of hydrogen-bond acceptors (Lipinski definition) is 3. The molecular weight excluding hydrogens is 246 g/mol. The van der Waals surface area contributed by atoms with Gasteiger partial charge in [0.2, 0.25) is 0 Å². The van der Waals surface area contributed by atoms with Crippen LogP contribution < -0.4 is 5.32 Å². The van der Waals surface area contributed by atoms with E-state index in [1.54, 1.807) is 0 Å². The third-order valence-electron chi connectivity index (χ3n) is 3.71. The highest BCUT2D eigenvalue weighted by Crippen LogP contribution is 2.19. The Bertz CT molecular complexity index is 410. The van der Waals surface area contributed by atoms with Gasteiger partial charge in [-0.1, -0.05) is 19.9 Å². The fourth-order valence-electron chi connectivity index (χ4n) is 2.39. The monoisotopic (exact) mass is 275 g/mol. The minimum absolute atomic E-state index is 0.562. The summed E-state index contributed by atoms with van der Waals surface area (Å²) in [5.41, 5.74) is 2.36. The van der Waals surface area contributed by atoms with Gasteiger partial charge in [0.25, 0.3) is 0 Å². The van der Waals surface area contributed by atoms with E-state index in [4.69, 9.17) is 4.98 Å². The summed E-state index contributed by atoms with van der Waals surface area (Å²) in [7, 11) is 0. The average Bonchev–Trinajstić information content (AvgIpc) is 3.19. The fourth-order valence-corrected chi connectivity index (χ4v) is 2.39. The summed E-state index contributed by atoms with van der Waals surface area (Å²) in [5.74, 6) is 0.692. The van der Waals surface area contributed by atoms with E-state index in [1.165, 1.54) is 24.2 Å². The second-order valence-corrected chi connectivity index (χ2v) is 6.69. The Hall–Kier alpha value is -0.930. The molecule has 0 saturated heterocycles. The molecule has 0 aromatic carbocycles. The van der Waals surface area contributed by atoms with Gasteiger partial charge in [-0.25, -0.2) is 0 Å². The lowest BCUT2D eigenvalue weighted by molar-refractivity contribution is 0.187. The summed E-state index contributed by atoms with van der Waals surface area (Å²) in [6, 6.07) is 7.72. The summed E-state index contributed by atoms with van der Waals surface area (Å²) in [6.07, 6.45) is 2.66. The first-order valence-corrected chi connectivity index (χ1v) is 7.97. The average molecular weight is 275 g/mol. The van der Waals surface area contributed by atoms with Crippen LogP contribution in [-0.2, 0) is 13.1 Å². The lowest BCUT2D eigenvalue weighted by atomic mass is 10.1. The van der Waals surface area contributed by atoms with Gasteiger partial charge < -0.3 is 5.32 Å². The second kappa shape index (κ2) is 7.19. The number of hydrogen-bond donors (Lipinski definition) is 1. The van der Waals surface area contributed by atoms with Gasteiger partial charge in [-0.05, 0) is 44.7 Å². The number of nitrogens with zero attached hydrogens (tertiary/aromatic N) is 2. The zero-order valence-corrected chi connectivity index (χ0v) is 13.4. The first kappa shape index (κ1) is 15.5. The minimum atomic E-state index is 0.562. The van der Waals surface area contributed by atoms with Gasteiger partial charge in [-0.3, -0.25) is 9.88 Å². The van der Waals surface area contributed by atoms with E-state index in [0.717, 1.165) is 25.7 Å². The van der Waals surface area contributed by atoms with Crippen molar-refractivity contribution < 1.29 is 0 Å². The molecule has 0 unspecified atom stereocenters. The SMILES string of the molecule is CC(C)CN(Cc1cccc(CNC2CC2)n1)C(C)C. The van der Waals surface area contributed by atoms with Gasteiger partial charge in [0.1, 0.15) is 0 Å². The largest absolute Gasteiger partial charge is 0.308 e. The molecule has 1 fully saturated rings. The van der Waals surface area contributed by atoms with E-state index < -0.39 is 0 Å². The maximum absolute atomic E-state index is 4.80. The molecule has 0 aliphatic heterocycles. The zero-order valence-electron chi connectivity index (χ0n) is 13.4. The van der Waals surface area contributed by atoms with E-state index in [0.29, 0.717) is 12.0 Å². The van der Waals surface area contributed by atoms with E-state index in [1.807, 2.05) is 0 Å². The van der Waals surface area contributed by atoms with Crippen LogP contribution in [0.3, 0.4) is 0 Å². The molecule has 0 atom stereocenters. The smallest absolute Gasteiger partial charge is 0.0547 e. The molecule has 1 N–H and O–H groups in total. The van der Waals surface area contributed by atoms with Crippen LogP contribution in [0.1, 0.15) is 51.9 Å². The lowest BCUT2D eigenvalue weighted by Crippen LogP contribution is -2.34. The molecule has 20 heavy (non-hydrogen) atoms. The first-order valence-electron chi connectivity index (χ1n) is 7.97. The van der Waals surface area contributed by atoms with Crippen molar-refractivity contribution in [2.75, 3.05) is 6.54 Å². The Labute approximate surface area is 123 Å². The molecule has 0 spiro atoms. The van der Waals surface area contributed by atoms with Crippen LogP contribution in [0, 0.1) is 5.92 Å². The predicted molar refractivity (Wildman–Crippen MR) is 84.5 cm³/mol. The Morgan fingerprint density at radius 1 is 1.20 bits per heavy atom. The van der Waals surface area contributed by atoms with Crippen LogP contribution in [0.25, 0.3) is 0 Å². The maximum atomic E-state index is 4.80. The number of rotatable bonds is 8. The summed E-state index contributed by atoms with van der Waals surface area (Å²) in [6.45, 7) is 12.1. The standard InChI is InChI=1S/C17H29N3/c1-13(2)11-20(14(3)4)12-17-7-5-6-16(19-17)10-18-15-8-9-15/h5-7,13-15,18H,8-12H2,1-4H3. The van der Waals surface area contributed by atoms with Crippen LogP contribution in [-0.4, -0.2) is 28.5 Å². The van der Waals surface area contributed by atoms with Crippen LogP contribution in [0.5, 0.6) is 0 Å². The lowest BCUT2D eigenvalue weighted by Gasteiger charge is -2.28. The van der Waals surface area contributed by atoms with Crippen LogP contribution >= 0.6 is 0 Å². The van der Waals surface area contributed by atoms with Gasteiger partial charge in [0, 0.05) is 31.7 Å². The molecular formula is C17H29N3. The molecule has 1 heterocycles. The van der Waals surface area contributed by atoms with Crippen molar-refractivity contribution in [3.63, 3.8) is 0 Å². The molecule has 1 aromatic rings. The molecule has 3 nitrogen and oxygen atoms in total. The van der Waals surface area contributed by atoms with Gasteiger partial charge in [0.05, 0.1) is 11.4 Å². The summed E-state index contributed by atoms with van der Waals surface area (Å²) in [4.78, 5) is 7.30. The van der Waals surface area contributed by atoms with Crippen molar-refractivity contribution >= 4 is 0 Å². The van der Waals surface area contributed by atoms with Crippen molar-refractivity contribution in [2.45, 2.75) is 65.7 Å². The summed E-state index contributed by atoms with van der Waals surface area (Å²) < 4.78 is 0. The predicted octanol–water partition coefficient (Wildman–Crippen LogP) is 3.20. The zero-order chi connectivity index (χ0) is 14.5. The van der Waals surface area contributed by atoms with Crippen LogP contribution in [0.4, 0.5) is 0 Å². The topological polar surface area (TPSA) is 28.2 Å². The Morgan fingerprint density at radius 2 is 1.90 bits per heavy atom. The third-order valence-corrected chi connectivity index (χ3v) is 3.71. The second-order valence-electron chi connectivity index (χ2n) is 6.69. The van der Waals surface area contributed by atoms with Crippen molar-refractivity contribution in [1.82, 2.24) is 15.2 Å². The number of pyridine rings is 1.